The van der Waals surface area contributed by atoms with Gasteiger partial charge in [0.15, 0.2) is 0 Å². The van der Waals surface area contributed by atoms with Gasteiger partial charge in [0.05, 0.1) is 56.2 Å². The number of para-hydroxylation sites is 2. The Balaban J connectivity index is 1.12. The predicted octanol–water partition coefficient (Wildman–Crippen LogP) is 16.3. The molecular formula is C59H35F5N4. The molecule has 0 atom stereocenters. The van der Waals surface area contributed by atoms with Gasteiger partial charge in [-0.3, -0.25) is 0 Å². The lowest BCUT2D eigenvalue weighted by Gasteiger charge is -2.24. The molecule has 4 heterocycles. The highest BCUT2D eigenvalue weighted by molar-refractivity contribution is 6.12. The Morgan fingerprint density at radius 2 is 0.779 bits per heavy atom. The molecule has 68 heavy (non-hydrogen) atoms. The van der Waals surface area contributed by atoms with Crippen LogP contribution in [0.5, 0.6) is 0 Å². The zero-order valence-electron chi connectivity index (χ0n) is 35.9. The number of aromatic nitrogens is 4. The second-order valence-electron chi connectivity index (χ2n) is 16.7. The summed E-state index contributed by atoms with van der Waals surface area (Å²) in [7, 11) is 0. The van der Waals surface area contributed by atoms with Crippen LogP contribution in [0.25, 0.3) is 111 Å². The van der Waals surface area contributed by atoms with Crippen LogP contribution in [0.15, 0.2) is 212 Å². The molecule has 4 nitrogen and oxygen atoms in total. The van der Waals surface area contributed by atoms with Crippen molar-refractivity contribution in [2.45, 2.75) is 6.18 Å². The van der Waals surface area contributed by atoms with Gasteiger partial charge in [0.1, 0.15) is 17.2 Å². The fraction of sp³-hybridized carbons (Fsp3) is 0.0169. The van der Waals surface area contributed by atoms with E-state index in [1.807, 2.05) is 158 Å². The Bertz CT molecular complexity index is 3910. The van der Waals surface area contributed by atoms with Gasteiger partial charge in [-0.15, -0.1) is 0 Å². The highest BCUT2D eigenvalue weighted by Crippen LogP contribution is 2.48. The fourth-order valence-electron chi connectivity index (χ4n) is 9.72. The van der Waals surface area contributed by atoms with Gasteiger partial charge in [0, 0.05) is 55.4 Å². The maximum absolute atomic E-state index is 16.7. The number of rotatable bonds is 7. The van der Waals surface area contributed by atoms with E-state index in [1.54, 1.807) is 33.4 Å². The molecule has 0 aliphatic heterocycles. The number of fused-ring (bicyclic) bond motifs is 6. The number of halogens is 5. The van der Waals surface area contributed by atoms with Crippen LogP contribution < -0.4 is 0 Å². The molecule has 0 radical (unpaired) electrons. The van der Waals surface area contributed by atoms with E-state index in [1.165, 1.54) is 12.1 Å². The van der Waals surface area contributed by atoms with Gasteiger partial charge in [-0.1, -0.05) is 127 Å². The Morgan fingerprint density at radius 3 is 1.29 bits per heavy atom. The summed E-state index contributed by atoms with van der Waals surface area (Å²) in [4.78, 5) is 9.95. The Hall–Kier alpha value is -8.69. The Kier molecular flexibility index (Phi) is 9.62. The highest BCUT2D eigenvalue weighted by atomic mass is 19.4. The van der Waals surface area contributed by atoms with Gasteiger partial charge in [-0.05, 0) is 84.4 Å². The third kappa shape index (κ3) is 6.90. The number of benzene rings is 8. The molecule has 0 aliphatic carbocycles. The first-order chi connectivity index (χ1) is 33.2. The molecule has 0 bridgehead atoms. The van der Waals surface area contributed by atoms with E-state index in [9.17, 15) is 0 Å². The van der Waals surface area contributed by atoms with Crippen LogP contribution in [0.1, 0.15) is 5.56 Å². The van der Waals surface area contributed by atoms with Gasteiger partial charge >= 0.3 is 6.18 Å². The van der Waals surface area contributed by atoms with E-state index < -0.39 is 23.4 Å². The smallest absolute Gasteiger partial charge is 0.309 e. The largest absolute Gasteiger partial charge is 0.420 e. The number of pyridine rings is 2. The monoisotopic (exact) mass is 894 g/mol. The highest BCUT2D eigenvalue weighted by Gasteiger charge is 2.40. The van der Waals surface area contributed by atoms with Crippen LogP contribution in [0.3, 0.4) is 0 Å². The van der Waals surface area contributed by atoms with Crippen LogP contribution in [-0.2, 0) is 6.18 Å². The zero-order chi connectivity index (χ0) is 46.1. The molecule has 0 N–H and O–H groups in total. The van der Waals surface area contributed by atoms with Crippen LogP contribution >= 0.6 is 0 Å². The molecule has 4 aromatic heterocycles. The minimum atomic E-state index is -4.99. The van der Waals surface area contributed by atoms with Crippen molar-refractivity contribution in [3.05, 3.63) is 230 Å². The maximum Gasteiger partial charge on any atom is 0.420 e. The molecule has 9 heteroatoms. The number of hydrogen-bond acceptors (Lipinski definition) is 2. The molecule has 0 saturated carbocycles. The van der Waals surface area contributed by atoms with Gasteiger partial charge < -0.3 is 9.13 Å². The third-order valence-corrected chi connectivity index (χ3v) is 12.7. The van der Waals surface area contributed by atoms with Crippen LogP contribution in [0.2, 0.25) is 0 Å². The Morgan fingerprint density at radius 1 is 0.338 bits per heavy atom. The van der Waals surface area contributed by atoms with Crippen molar-refractivity contribution in [1.82, 2.24) is 19.1 Å². The van der Waals surface area contributed by atoms with Crippen molar-refractivity contribution in [1.29, 1.82) is 0 Å². The molecule has 0 fully saturated rings. The second kappa shape index (κ2) is 16.0. The average molecular weight is 895 g/mol. The topological polar surface area (TPSA) is 35.6 Å². The van der Waals surface area contributed by atoms with Gasteiger partial charge in [0.25, 0.3) is 0 Å². The lowest BCUT2D eigenvalue weighted by atomic mass is 9.96. The van der Waals surface area contributed by atoms with Crippen molar-refractivity contribution in [2.24, 2.45) is 0 Å². The second-order valence-corrected chi connectivity index (χ2v) is 16.7. The quantitative estimate of drug-likeness (QED) is 0.149. The molecule has 8 aromatic carbocycles. The zero-order valence-corrected chi connectivity index (χ0v) is 35.9. The van der Waals surface area contributed by atoms with Gasteiger partial charge in [-0.2, -0.15) is 13.2 Å². The minimum absolute atomic E-state index is 0.00383. The van der Waals surface area contributed by atoms with Crippen molar-refractivity contribution in [3.63, 3.8) is 0 Å². The van der Waals surface area contributed by atoms with Crippen LogP contribution in [0.4, 0.5) is 22.0 Å². The molecule has 0 spiro atoms. The first kappa shape index (κ1) is 40.8. The molecule has 0 amide bonds. The summed E-state index contributed by atoms with van der Waals surface area (Å²) in [6, 6.07) is 62.9. The average Bonchev–Trinajstić information content (AvgIpc) is 3.88. The minimum Gasteiger partial charge on any atom is -0.309 e. The van der Waals surface area contributed by atoms with Crippen molar-refractivity contribution < 1.29 is 22.0 Å². The normalized spacial score (nSPS) is 11.9. The summed E-state index contributed by atoms with van der Waals surface area (Å²) in [5.41, 5.74) is 7.01. The van der Waals surface area contributed by atoms with E-state index in [2.05, 4.69) is 0 Å². The third-order valence-electron chi connectivity index (χ3n) is 12.7. The first-order valence-corrected chi connectivity index (χ1v) is 22.0. The fourth-order valence-corrected chi connectivity index (χ4v) is 9.72. The predicted molar refractivity (Wildman–Crippen MR) is 263 cm³/mol. The van der Waals surface area contributed by atoms with E-state index >= 15 is 22.0 Å². The number of alkyl halides is 3. The van der Waals surface area contributed by atoms with Crippen molar-refractivity contribution >= 4 is 43.6 Å². The molecule has 12 aromatic rings. The standard InChI is InChI=1S/C59H35F5N4/c60-41-31-40(32-42(61)35-41)43-27-30-56(67-52-23-9-7-17-44(52)46-33-38(25-28-54(46)67)50-21-11-19-48(65-50)36-13-3-1-4-14-36)57(59(62,63)64)58(43)68-53-24-10-8-18-45(53)47-34-39(26-29-55(47)68)51-22-12-20-49(66-51)37-15-5-2-6-16-37/h1-35H. The molecule has 0 unspecified atom stereocenters. The van der Waals surface area contributed by atoms with Gasteiger partial charge in [-0.25, -0.2) is 18.7 Å². The molecule has 326 valence electrons. The van der Waals surface area contributed by atoms with Gasteiger partial charge in [0.2, 0.25) is 0 Å². The molecule has 0 saturated heterocycles. The van der Waals surface area contributed by atoms with Crippen LogP contribution in [0, 0.1) is 11.6 Å². The molecular weight excluding hydrogens is 860 g/mol. The van der Waals surface area contributed by atoms with Crippen LogP contribution in [-0.4, -0.2) is 19.1 Å². The lowest BCUT2D eigenvalue weighted by molar-refractivity contribution is -0.137. The molecule has 12 rings (SSSR count). The lowest BCUT2D eigenvalue weighted by Crippen LogP contribution is -2.17. The first-order valence-electron chi connectivity index (χ1n) is 22.0. The summed E-state index contributed by atoms with van der Waals surface area (Å²) in [6.07, 6.45) is -4.99. The summed E-state index contributed by atoms with van der Waals surface area (Å²) >= 11 is 0. The molecule has 0 aliphatic rings. The van der Waals surface area contributed by atoms with Crippen molar-refractivity contribution in [3.8, 4) is 67.5 Å². The van der Waals surface area contributed by atoms with E-state index in [0.29, 0.717) is 50.3 Å². The SMILES string of the molecule is Fc1cc(F)cc(-c2ccc(-n3c4ccccc4c4cc(-c5cccc(-c6ccccc6)n5)ccc43)c(C(F)(F)F)c2-n2c3ccccc3c3cc(-c4cccc(-c5ccccc5)n4)ccc32)c1. The maximum atomic E-state index is 16.7. The number of hydrogen-bond donors (Lipinski definition) is 0. The van der Waals surface area contributed by atoms with E-state index in [0.717, 1.165) is 56.5 Å². The van der Waals surface area contributed by atoms with E-state index in [-0.39, 0.29) is 22.5 Å². The Labute approximate surface area is 386 Å². The summed E-state index contributed by atoms with van der Waals surface area (Å²) < 4.78 is 83.7. The van der Waals surface area contributed by atoms with E-state index in [4.69, 9.17) is 9.97 Å². The number of nitrogens with zero attached hydrogens (tertiary/aromatic N) is 4. The summed E-state index contributed by atoms with van der Waals surface area (Å²) in [5.74, 6) is -1.83. The summed E-state index contributed by atoms with van der Waals surface area (Å²) in [5, 5.41) is 2.83. The van der Waals surface area contributed by atoms with Crippen molar-refractivity contribution in [2.75, 3.05) is 0 Å². The summed E-state index contributed by atoms with van der Waals surface area (Å²) in [6.45, 7) is 0.